The number of thiophene rings is 1. The van der Waals surface area contributed by atoms with E-state index in [1.807, 2.05) is 12.3 Å². The number of carbonyl (C=O) groups is 1. The molecular formula is C12H17ClN2OS. The van der Waals surface area contributed by atoms with E-state index >= 15 is 0 Å². The van der Waals surface area contributed by atoms with Crippen LogP contribution in [0.5, 0.6) is 0 Å². The molecule has 3 nitrogen and oxygen atoms in total. The zero-order valence-corrected chi connectivity index (χ0v) is 11.5. The highest BCUT2D eigenvalue weighted by atomic mass is 35.5. The Balaban J connectivity index is 1.79. The third kappa shape index (κ3) is 3.21. The van der Waals surface area contributed by atoms with Gasteiger partial charge in [-0.25, -0.2) is 0 Å². The van der Waals surface area contributed by atoms with Gasteiger partial charge in [0.25, 0.3) is 5.91 Å². The minimum absolute atomic E-state index is 0.0425. The summed E-state index contributed by atoms with van der Waals surface area (Å²) in [4.78, 5) is 12.5. The fourth-order valence-electron chi connectivity index (χ4n) is 2.01. The Labute approximate surface area is 111 Å². The van der Waals surface area contributed by atoms with Crippen LogP contribution in [0.15, 0.2) is 5.38 Å². The molecule has 5 heteroatoms. The molecule has 1 aliphatic rings. The van der Waals surface area contributed by atoms with Gasteiger partial charge >= 0.3 is 0 Å². The van der Waals surface area contributed by atoms with Gasteiger partial charge in [-0.2, -0.15) is 0 Å². The van der Waals surface area contributed by atoms with Crippen molar-refractivity contribution < 1.29 is 4.79 Å². The maximum Gasteiger partial charge on any atom is 0.262 e. The van der Waals surface area contributed by atoms with Crippen LogP contribution in [0.1, 0.15) is 28.1 Å². The number of hydrogen-bond acceptors (Lipinski definition) is 3. The number of nitrogens with one attached hydrogen (secondary N) is 2. The van der Waals surface area contributed by atoms with E-state index in [4.69, 9.17) is 11.6 Å². The molecule has 2 N–H and O–H groups in total. The molecule has 0 bridgehead atoms. The van der Waals surface area contributed by atoms with Gasteiger partial charge < -0.3 is 10.6 Å². The van der Waals surface area contributed by atoms with Crippen LogP contribution in [-0.4, -0.2) is 25.5 Å². The van der Waals surface area contributed by atoms with Crippen molar-refractivity contribution in [3.05, 3.63) is 20.8 Å². The molecular weight excluding hydrogens is 256 g/mol. The van der Waals surface area contributed by atoms with Crippen molar-refractivity contribution in [2.75, 3.05) is 19.6 Å². The maximum absolute atomic E-state index is 11.9. The van der Waals surface area contributed by atoms with Crippen LogP contribution >= 0.6 is 22.9 Å². The Morgan fingerprint density at radius 1 is 1.71 bits per heavy atom. The number of rotatable bonds is 4. The first-order valence-corrected chi connectivity index (χ1v) is 7.16. The summed E-state index contributed by atoms with van der Waals surface area (Å²) in [6, 6.07) is 0. The zero-order chi connectivity index (χ0) is 12.3. The van der Waals surface area contributed by atoms with Gasteiger partial charge in [-0.05, 0) is 49.7 Å². The molecule has 1 amide bonds. The molecule has 1 aliphatic heterocycles. The smallest absolute Gasteiger partial charge is 0.262 e. The Hall–Kier alpha value is -0.580. The molecule has 1 aromatic heterocycles. The van der Waals surface area contributed by atoms with E-state index in [0.29, 0.717) is 15.8 Å². The molecule has 0 radical (unpaired) electrons. The lowest BCUT2D eigenvalue weighted by molar-refractivity contribution is 0.0956. The lowest BCUT2D eigenvalue weighted by Crippen LogP contribution is -2.26. The zero-order valence-electron chi connectivity index (χ0n) is 9.88. The van der Waals surface area contributed by atoms with Crippen molar-refractivity contribution in [2.45, 2.75) is 19.8 Å². The van der Waals surface area contributed by atoms with E-state index in [1.165, 1.54) is 17.8 Å². The van der Waals surface area contributed by atoms with E-state index in [0.717, 1.165) is 31.6 Å². The normalized spacial score (nSPS) is 19.5. The molecule has 0 spiro atoms. The summed E-state index contributed by atoms with van der Waals surface area (Å²) in [6.45, 7) is 4.83. The first-order chi connectivity index (χ1) is 8.18. The van der Waals surface area contributed by atoms with Gasteiger partial charge in [-0.1, -0.05) is 11.6 Å². The first-order valence-electron chi connectivity index (χ1n) is 5.91. The van der Waals surface area contributed by atoms with Gasteiger partial charge in [0.15, 0.2) is 0 Å². The van der Waals surface area contributed by atoms with E-state index in [1.54, 1.807) is 0 Å². The van der Waals surface area contributed by atoms with Gasteiger partial charge in [0, 0.05) is 6.54 Å². The summed E-state index contributed by atoms with van der Waals surface area (Å²) in [7, 11) is 0. The molecule has 0 saturated carbocycles. The number of aryl methyl sites for hydroxylation is 1. The molecule has 1 saturated heterocycles. The lowest BCUT2D eigenvalue weighted by Gasteiger charge is -2.08. The first kappa shape index (κ1) is 12.9. The summed E-state index contributed by atoms with van der Waals surface area (Å²) in [5, 5.41) is 8.77. The standard InChI is InChI=1S/C12H17ClN2OS/c1-8-7-17-11(10(8)13)12(16)15-5-3-9-2-4-14-6-9/h7,9,14H,2-6H2,1H3,(H,15,16). The lowest BCUT2D eigenvalue weighted by atomic mass is 10.1. The van der Waals surface area contributed by atoms with Gasteiger partial charge in [-0.3, -0.25) is 4.79 Å². The second kappa shape index (κ2) is 5.85. The summed E-state index contributed by atoms with van der Waals surface area (Å²) < 4.78 is 0. The number of carbonyl (C=O) groups excluding carboxylic acids is 1. The largest absolute Gasteiger partial charge is 0.351 e. The quantitative estimate of drug-likeness (QED) is 0.884. The Kier molecular flexibility index (Phi) is 4.42. The highest BCUT2D eigenvalue weighted by Crippen LogP contribution is 2.26. The molecule has 1 aromatic rings. The molecule has 1 unspecified atom stereocenters. The van der Waals surface area contributed by atoms with Crippen molar-refractivity contribution in [3.63, 3.8) is 0 Å². The van der Waals surface area contributed by atoms with Crippen molar-refractivity contribution in [1.29, 1.82) is 0 Å². The SMILES string of the molecule is Cc1csc(C(=O)NCCC2CCNC2)c1Cl. The Bertz CT molecular complexity index is 399. The summed E-state index contributed by atoms with van der Waals surface area (Å²) in [5.41, 5.74) is 0.974. The van der Waals surface area contributed by atoms with Gasteiger partial charge in [0.1, 0.15) is 4.88 Å². The molecule has 1 atom stereocenters. The number of halogens is 1. The minimum Gasteiger partial charge on any atom is -0.351 e. The Morgan fingerprint density at radius 3 is 3.12 bits per heavy atom. The van der Waals surface area contributed by atoms with E-state index in [9.17, 15) is 4.79 Å². The van der Waals surface area contributed by atoms with Gasteiger partial charge in [-0.15, -0.1) is 11.3 Å². The number of amides is 1. The third-order valence-electron chi connectivity index (χ3n) is 3.11. The molecule has 2 heterocycles. The summed E-state index contributed by atoms with van der Waals surface area (Å²) in [6.07, 6.45) is 2.26. The highest BCUT2D eigenvalue weighted by Gasteiger charge is 2.16. The fourth-order valence-corrected chi connectivity index (χ4v) is 3.21. The molecule has 94 valence electrons. The van der Waals surface area contributed by atoms with Crippen LogP contribution in [0.4, 0.5) is 0 Å². The van der Waals surface area contributed by atoms with Crippen LogP contribution in [0.3, 0.4) is 0 Å². The fraction of sp³-hybridized carbons (Fsp3) is 0.583. The molecule has 0 aliphatic carbocycles. The maximum atomic E-state index is 11.9. The molecule has 17 heavy (non-hydrogen) atoms. The molecule has 2 rings (SSSR count). The van der Waals surface area contributed by atoms with Crippen molar-refractivity contribution >= 4 is 28.8 Å². The molecule has 0 aromatic carbocycles. The van der Waals surface area contributed by atoms with Crippen LogP contribution in [0.25, 0.3) is 0 Å². The average Bonchev–Trinajstić information content (AvgIpc) is 2.91. The van der Waals surface area contributed by atoms with Gasteiger partial charge in [0.2, 0.25) is 0 Å². The van der Waals surface area contributed by atoms with Gasteiger partial charge in [0.05, 0.1) is 5.02 Å². The van der Waals surface area contributed by atoms with Crippen LogP contribution in [-0.2, 0) is 0 Å². The number of hydrogen-bond donors (Lipinski definition) is 2. The van der Waals surface area contributed by atoms with E-state index in [2.05, 4.69) is 10.6 Å². The van der Waals surface area contributed by atoms with Crippen molar-refractivity contribution in [2.24, 2.45) is 5.92 Å². The topological polar surface area (TPSA) is 41.1 Å². The Morgan fingerprint density at radius 2 is 2.53 bits per heavy atom. The van der Waals surface area contributed by atoms with Crippen molar-refractivity contribution in [1.82, 2.24) is 10.6 Å². The third-order valence-corrected chi connectivity index (χ3v) is 4.80. The van der Waals surface area contributed by atoms with Crippen LogP contribution in [0.2, 0.25) is 5.02 Å². The molecule has 1 fully saturated rings. The van der Waals surface area contributed by atoms with E-state index in [-0.39, 0.29) is 5.91 Å². The minimum atomic E-state index is -0.0425. The van der Waals surface area contributed by atoms with Crippen LogP contribution < -0.4 is 10.6 Å². The predicted molar refractivity (Wildman–Crippen MR) is 72.0 cm³/mol. The highest BCUT2D eigenvalue weighted by molar-refractivity contribution is 7.13. The summed E-state index contributed by atoms with van der Waals surface area (Å²) in [5.74, 6) is 0.662. The predicted octanol–water partition coefficient (Wildman–Crippen LogP) is 2.44. The van der Waals surface area contributed by atoms with Crippen LogP contribution in [0, 0.1) is 12.8 Å². The average molecular weight is 273 g/mol. The second-order valence-corrected chi connectivity index (χ2v) is 5.72. The van der Waals surface area contributed by atoms with E-state index < -0.39 is 0 Å². The summed E-state index contributed by atoms with van der Waals surface area (Å²) >= 11 is 7.46. The van der Waals surface area contributed by atoms with Crippen molar-refractivity contribution in [3.8, 4) is 0 Å². The second-order valence-electron chi connectivity index (χ2n) is 4.47. The monoisotopic (exact) mass is 272 g/mol.